The molecule has 0 radical (unpaired) electrons. The number of nitrogens with zero attached hydrogens (tertiary/aromatic N) is 2. The van der Waals surface area contributed by atoms with Gasteiger partial charge < -0.3 is 15.0 Å². The van der Waals surface area contributed by atoms with Crippen molar-refractivity contribution in [2.24, 2.45) is 0 Å². The van der Waals surface area contributed by atoms with Crippen LogP contribution in [0.15, 0.2) is 72.8 Å². The van der Waals surface area contributed by atoms with Crippen molar-refractivity contribution in [2.75, 3.05) is 20.1 Å². The van der Waals surface area contributed by atoms with Gasteiger partial charge in [-0.3, -0.25) is 4.90 Å². The third kappa shape index (κ3) is 7.40. The van der Waals surface area contributed by atoms with E-state index in [-0.39, 0.29) is 18.7 Å². The van der Waals surface area contributed by atoms with Gasteiger partial charge in [-0.2, -0.15) is 0 Å². The van der Waals surface area contributed by atoms with Crippen LogP contribution in [-0.2, 0) is 17.9 Å². The Balaban J connectivity index is 1.53. The van der Waals surface area contributed by atoms with E-state index < -0.39 is 6.10 Å². The van der Waals surface area contributed by atoms with Crippen LogP contribution >= 0.6 is 34.8 Å². The van der Waals surface area contributed by atoms with E-state index in [4.69, 9.17) is 39.5 Å². The summed E-state index contributed by atoms with van der Waals surface area (Å²) in [7, 11) is 2.06. The first-order valence-electron chi connectivity index (χ1n) is 12.5. The number of piperidine rings is 1. The fourth-order valence-electron chi connectivity index (χ4n) is 4.65. The summed E-state index contributed by atoms with van der Waals surface area (Å²) in [5.41, 5.74) is 2.67. The number of rotatable bonds is 9. The second-order valence-electron chi connectivity index (χ2n) is 9.29. The van der Waals surface area contributed by atoms with Gasteiger partial charge in [-0.05, 0) is 56.1 Å². The van der Waals surface area contributed by atoms with Gasteiger partial charge in [0.25, 0.3) is 0 Å². The Hall–Kier alpha value is -2.28. The predicted molar refractivity (Wildman–Crippen MR) is 151 cm³/mol. The van der Waals surface area contributed by atoms with E-state index in [1.54, 1.807) is 6.07 Å². The third-order valence-corrected chi connectivity index (χ3v) is 7.91. The molecule has 5 nitrogen and oxygen atoms in total. The number of hydrogen-bond acceptors (Lipinski definition) is 3. The molecule has 1 aliphatic heterocycles. The fourth-order valence-corrected chi connectivity index (χ4v) is 5.28. The lowest BCUT2D eigenvalue weighted by Gasteiger charge is -2.41. The molecule has 0 aromatic heterocycles. The SMILES string of the molecule is CN1CCCCC1N(Cc1ccccc1Cl)C(=O)NCC(OCc1ccccc1)c1cccc(Cl)c1Cl. The van der Waals surface area contributed by atoms with Gasteiger partial charge in [-0.25, -0.2) is 4.79 Å². The van der Waals surface area contributed by atoms with E-state index in [2.05, 4.69) is 17.3 Å². The zero-order valence-electron chi connectivity index (χ0n) is 20.9. The van der Waals surface area contributed by atoms with E-state index in [0.29, 0.717) is 28.2 Å². The monoisotopic (exact) mass is 559 g/mol. The molecule has 37 heavy (non-hydrogen) atoms. The summed E-state index contributed by atoms with van der Waals surface area (Å²) in [6.45, 7) is 1.96. The van der Waals surface area contributed by atoms with Crippen molar-refractivity contribution in [1.82, 2.24) is 15.1 Å². The molecule has 3 aromatic carbocycles. The zero-order chi connectivity index (χ0) is 26.2. The molecule has 1 aliphatic rings. The molecular weight excluding hydrogens is 529 g/mol. The lowest BCUT2D eigenvalue weighted by Crippen LogP contribution is -2.54. The second kappa shape index (κ2) is 13.5. The number of likely N-dealkylation sites (tertiary alicyclic amines) is 1. The first-order valence-corrected chi connectivity index (χ1v) is 13.6. The Morgan fingerprint density at radius 3 is 2.49 bits per heavy atom. The molecule has 0 bridgehead atoms. The first-order chi connectivity index (χ1) is 17.9. The lowest BCUT2D eigenvalue weighted by atomic mass is 10.1. The summed E-state index contributed by atoms with van der Waals surface area (Å²) in [5, 5.41) is 4.63. The maximum absolute atomic E-state index is 13.7. The molecule has 196 valence electrons. The number of nitrogens with one attached hydrogen (secondary N) is 1. The molecule has 1 fully saturated rings. The van der Waals surface area contributed by atoms with E-state index >= 15 is 0 Å². The van der Waals surface area contributed by atoms with Crippen LogP contribution in [-0.4, -0.2) is 42.1 Å². The van der Waals surface area contributed by atoms with E-state index in [1.807, 2.05) is 71.6 Å². The molecule has 2 amide bonds. The maximum atomic E-state index is 13.7. The lowest BCUT2D eigenvalue weighted by molar-refractivity contribution is 0.0321. The van der Waals surface area contributed by atoms with Crippen molar-refractivity contribution >= 4 is 40.8 Å². The van der Waals surface area contributed by atoms with Crippen LogP contribution in [0.2, 0.25) is 15.1 Å². The molecule has 4 rings (SSSR count). The minimum absolute atomic E-state index is 0.0246. The Bertz CT molecular complexity index is 1180. The van der Waals surface area contributed by atoms with E-state index in [0.717, 1.165) is 42.5 Å². The number of carbonyl (C=O) groups is 1. The number of carbonyl (C=O) groups excluding carboxylic acids is 1. The van der Waals surface area contributed by atoms with Gasteiger partial charge in [0.05, 0.1) is 29.4 Å². The number of amides is 2. The Kier molecular flexibility index (Phi) is 10.1. The zero-order valence-corrected chi connectivity index (χ0v) is 23.1. The molecule has 2 atom stereocenters. The number of hydrogen-bond donors (Lipinski definition) is 1. The fraction of sp³-hybridized carbons (Fsp3) is 0.345. The second-order valence-corrected chi connectivity index (χ2v) is 10.5. The Labute approximate surface area is 234 Å². The molecule has 0 spiro atoms. The van der Waals surface area contributed by atoms with Crippen LogP contribution in [0.25, 0.3) is 0 Å². The molecule has 1 N–H and O–H groups in total. The quantitative estimate of drug-likeness (QED) is 0.294. The van der Waals surface area contributed by atoms with E-state index in [9.17, 15) is 4.79 Å². The highest BCUT2D eigenvalue weighted by atomic mass is 35.5. The molecule has 1 saturated heterocycles. The smallest absolute Gasteiger partial charge is 0.319 e. The van der Waals surface area contributed by atoms with Crippen molar-refractivity contribution in [1.29, 1.82) is 0 Å². The summed E-state index contributed by atoms with van der Waals surface area (Å²) >= 11 is 19.3. The van der Waals surface area contributed by atoms with Crippen molar-refractivity contribution in [3.05, 3.63) is 105 Å². The largest absolute Gasteiger partial charge is 0.367 e. The van der Waals surface area contributed by atoms with Gasteiger partial charge in [0.15, 0.2) is 0 Å². The highest BCUT2D eigenvalue weighted by Gasteiger charge is 2.30. The van der Waals surface area contributed by atoms with Gasteiger partial charge in [0.1, 0.15) is 6.10 Å². The van der Waals surface area contributed by atoms with Crippen molar-refractivity contribution in [3.63, 3.8) is 0 Å². The average molecular weight is 561 g/mol. The minimum atomic E-state index is -0.485. The van der Waals surface area contributed by atoms with Crippen molar-refractivity contribution in [3.8, 4) is 0 Å². The summed E-state index contributed by atoms with van der Waals surface area (Å²) in [6, 6.07) is 22.8. The van der Waals surface area contributed by atoms with Crippen LogP contribution in [0.5, 0.6) is 0 Å². The number of ether oxygens (including phenoxy) is 1. The van der Waals surface area contributed by atoms with Crippen LogP contribution in [0, 0.1) is 0 Å². The molecule has 1 heterocycles. The molecule has 3 aromatic rings. The highest BCUT2D eigenvalue weighted by molar-refractivity contribution is 6.42. The van der Waals surface area contributed by atoms with Gasteiger partial charge >= 0.3 is 6.03 Å². The summed E-state index contributed by atoms with van der Waals surface area (Å²) < 4.78 is 6.28. The summed E-state index contributed by atoms with van der Waals surface area (Å²) in [6.07, 6.45) is 2.59. The van der Waals surface area contributed by atoms with Gasteiger partial charge in [0.2, 0.25) is 0 Å². The highest BCUT2D eigenvalue weighted by Crippen LogP contribution is 2.32. The van der Waals surface area contributed by atoms with E-state index in [1.165, 1.54) is 0 Å². The Morgan fingerprint density at radius 2 is 1.73 bits per heavy atom. The Morgan fingerprint density at radius 1 is 1.00 bits per heavy atom. The maximum Gasteiger partial charge on any atom is 0.319 e. The predicted octanol–water partition coefficient (Wildman–Crippen LogP) is 7.56. The topological polar surface area (TPSA) is 44.8 Å². The standard InChI is InChI=1S/C29H32Cl3N3O2/c1-34-17-8-7-16-27(34)35(19-22-12-5-6-14-24(22)30)29(36)33-18-26(23-13-9-15-25(31)28(23)32)37-20-21-10-3-2-4-11-21/h2-6,9-15,26-27H,7-8,16-20H2,1H3,(H,33,36). The molecule has 8 heteroatoms. The molecule has 0 aliphatic carbocycles. The van der Waals surface area contributed by atoms with Crippen LogP contribution in [0.1, 0.15) is 42.1 Å². The van der Waals surface area contributed by atoms with Crippen molar-refractivity contribution < 1.29 is 9.53 Å². The number of urea groups is 1. The number of benzene rings is 3. The van der Waals surface area contributed by atoms with Gasteiger partial charge in [-0.1, -0.05) is 95.5 Å². The minimum Gasteiger partial charge on any atom is -0.367 e. The van der Waals surface area contributed by atoms with Crippen LogP contribution in [0.4, 0.5) is 4.79 Å². The van der Waals surface area contributed by atoms with Crippen LogP contribution < -0.4 is 5.32 Å². The summed E-state index contributed by atoms with van der Waals surface area (Å²) in [4.78, 5) is 17.8. The van der Waals surface area contributed by atoms with Gasteiger partial charge in [0, 0.05) is 17.1 Å². The van der Waals surface area contributed by atoms with Gasteiger partial charge in [-0.15, -0.1) is 0 Å². The first kappa shape index (κ1) is 27.7. The molecule has 2 unspecified atom stereocenters. The van der Waals surface area contributed by atoms with Crippen molar-refractivity contribution in [2.45, 2.75) is 44.7 Å². The average Bonchev–Trinajstić information content (AvgIpc) is 2.91. The summed E-state index contributed by atoms with van der Waals surface area (Å²) in [5.74, 6) is 0. The molecular formula is C29H32Cl3N3O2. The molecule has 0 saturated carbocycles. The normalized spacial score (nSPS) is 16.8. The third-order valence-electron chi connectivity index (χ3n) is 6.71. The van der Waals surface area contributed by atoms with Crippen LogP contribution in [0.3, 0.4) is 0 Å². The number of halogens is 3.